The number of nitrogens with zero attached hydrogens (tertiary/aromatic N) is 2. The zero-order valence-electron chi connectivity index (χ0n) is 22.8. The average molecular weight is 576 g/mol. The van der Waals surface area contributed by atoms with Gasteiger partial charge in [0.15, 0.2) is 0 Å². The lowest BCUT2D eigenvalue weighted by molar-refractivity contribution is 0.0604. The van der Waals surface area contributed by atoms with Gasteiger partial charge in [-0.1, -0.05) is 35.9 Å². The summed E-state index contributed by atoms with van der Waals surface area (Å²) in [5.41, 5.74) is 4.24. The van der Waals surface area contributed by atoms with Gasteiger partial charge in [0.1, 0.15) is 16.4 Å². The summed E-state index contributed by atoms with van der Waals surface area (Å²) in [6.45, 7) is 2.21. The fourth-order valence-electron chi connectivity index (χ4n) is 5.60. The topological polar surface area (TPSA) is 65.4 Å². The summed E-state index contributed by atoms with van der Waals surface area (Å²) in [5.74, 6) is 0.122. The molecule has 0 bridgehead atoms. The Morgan fingerprint density at radius 3 is 2.45 bits per heavy atom. The van der Waals surface area contributed by atoms with Crippen molar-refractivity contribution in [1.82, 2.24) is 10.2 Å². The van der Waals surface area contributed by atoms with E-state index < -0.39 is 0 Å². The Labute approximate surface area is 243 Å². The number of carbonyl (C=O) groups excluding carboxylic acids is 1. The number of nitriles is 1. The van der Waals surface area contributed by atoms with Crippen LogP contribution in [0.5, 0.6) is 5.75 Å². The molecule has 3 aromatic carbocycles. The van der Waals surface area contributed by atoms with E-state index in [4.69, 9.17) is 16.3 Å². The molecule has 1 aliphatic rings. The predicted molar refractivity (Wildman–Crippen MR) is 160 cm³/mol. The van der Waals surface area contributed by atoms with Crippen molar-refractivity contribution in [3.63, 3.8) is 0 Å². The maximum absolute atomic E-state index is 14.7. The van der Waals surface area contributed by atoms with Gasteiger partial charge in [0.2, 0.25) is 0 Å². The van der Waals surface area contributed by atoms with Crippen LogP contribution in [0.3, 0.4) is 0 Å². The second kappa shape index (κ2) is 12.0. The number of nitrogens with one attached hydrogen (secondary N) is 1. The molecule has 8 heteroatoms. The Morgan fingerprint density at radius 2 is 1.82 bits per heavy atom. The first-order valence-corrected chi connectivity index (χ1v) is 14.6. The van der Waals surface area contributed by atoms with Gasteiger partial charge < -0.3 is 15.0 Å². The molecule has 1 N–H and O–H groups in total. The van der Waals surface area contributed by atoms with Gasteiger partial charge in [-0.3, -0.25) is 4.79 Å². The number of hydrogen-bond acceptors (Lipinski definition) is 5. The first-order chi connectivity index (χ1) is 19.3. The first-order valence-electron chi connectivity index (χ1n) is 13.4. The summed E-state index contributed by atoms with van der Waals surface area (Å²) in [7, 11) is 3.60. The molecule has 0 saturated heterocycles. The van der Waals surface area contributed by atoms with Crippen LogP contribution in [0.25, 0.3) is 21.2 Å². The van der Waals surface area contributed by atoms with E-state index in [0.29, 0.717) is 43.9 Å². The van der Waals surface area contributed by atoms with Crippen molar-refractivity contribution in [2.75, 3.05) is 14.2 Å². The zero-order chi connectivity index (χ0) is 28.4. The number of methoxy groups -OCH3 is 1. The molecule has 0 unspecified atom stereocenters. The van der Waals surface area contributed by atoms with Gasteiger partial charge in [-0.05, 0) is 86.7 Å². The molecule has 1 aliphatic carbocycles. The van der Waals surface area contributed by atoms with Gasteiger partial charge in [-0.25, -0.2) is 4.39 Å². The molecule has 206 valence electrons. The zero-order valence-corrected chi connectivity index (χ0v) is 24.3. The van der Waals surface area contributed by atoms with Crippen molar-refractivity contribution < 1.29 is 13.9 Å². The van der Waals surface area contributed by atoms with E-state index in [9.17, 15) is 14.4 Å². The SMILES string of the molecule is CNC1CCC(N(Cc2cc(-c3ccc(C#N)cc3)ccc2OC)C(=O)c2sc3c(F)ccc(C)c3c2Cl)CC1. The van der Waals surface area contributed by atoms with Crippen LogP contribution in [0.1, 0.15) is 52.0 Å². The minimum Gasteiger partial charge on any atom is -0.496 e. The Morgan fingerprint density at radius 1 is 1.12 bits per heavy atom. The Kier molecular flexibility index (Phi) is 8.41. The van der Waals surface area contributed by atoms with Crippen LogP contribution in [0.15, 0.2) is 54.6 Å². The Hall–Kier alpha value is -3.44. The van der Waals surface area contributed by atoms with Crippen molar-refractivity contribution in [1.29, 1.82) is 5.26 Å². The summed E-state index contributed by atoms with van der Waals surface area (Å²) in [4.78, 5) is 16.5. The van der Waals surface area contributed by atoms with Gasteiger partial charge in [0, 0.05) is 29.6 Å². The molecule has 1 aromatic heterocycles. The van der Waals surface area contributed by atoms with Crippen LogP contribution in [-0.2, 0) is 6.54 Å². The molecule has 0 aliphatic heterocycles. The van der Waals surface area contributed by atoms with Crippen LogP contribution in [-0.4, -0.2) is 37.0 Å². The smallest absolute Gasteiger partial charge is 0.266 e. The standard InChI is InChI=1S/C32H31ClFN3O2S/c1-19-4-14-26(34)30-28(19)29(33)31(40-30)32(38)37(25-12-10-24(36-2)11-13-25)18-23-16-22(9-15-27(23)39-3)21-7-5-20(17-35)6-8-21/h4-9,14-16,24-25,36H,10-13,18H2,1-3H3. The number of benzene rings is 3. The van der Waals surface area contributed by atoms with Crippen molar-refractivity contribution in [3.8, 4) is 22.9 Å². The van der Waals surface area contributed by atoms with Crippen molar-refractivity contribution in [3.05, 3.63) is 87.0 Å². The third kappa shape index (κ3) is 5.44. The molecule has 1 saturated carbocycles. The summed E-state index contributed by atoms with van der Waals surface area (Å²) < 4.78 is 20.9. The molecule has 0 radical (unpaired) electrons. The van der Waals surface area contributed by atoms with Crippen molar-refractivity contribution >= 4 is 38.9 Å². The highest BCUT2D eigenvalue weighted by molar-refractivity contribution is 7.21. The molecule has 1 amide bonds. The minimum absolute atomic E-state index is 0.00703. The number of thiophene rings is 1. The highest BCUT2D eigenvalue weighted by Crippen LogP contribution is 2.41. The van der Waals surface area contributed by atoms with Crippen LogP contribution < -0.4 is 10.1 Å². The van der Waals surface area contributed by atoms with Crippen LogP contribution >= 0.6 is 22.9 Å². The Bertz CT molecular complexity index is 1590. The normalized spacial score (nSPS) is 17.0. The lowest BCUT2D eigenvalue weighted by atomic mass is 9.89. The van der Waals surface area contributed by atoms with Gasteiger partial charge >= 0.3 is 0 Å². The van der Waals surface area contributed by atoms with E-state index in [2.05, 4.69) is 11.4 Å². The van der Waals surface area contributed by atoms with Crippen LogP contribution in [0, 0.1) is 24.1 Å². The van der Waals surface area contributed by atoms with Gasteiger partial charge in [-0.2, -0.15) is 5.26 Å². The number of fused-ring (bicyclic) bond motifs is 1. The molecule has 0 spiro atoms. The summed E-state index contributed by atoms with van der Waals surface area (Å²) in [6.07, 6.45) is 3.62. The summed E-state index contributed by atoms with van der Waals surface area (Å²) >= 11 is 7.91. The lowest BCUT2D eigenvalue weighted by Crippen LogP contribution is -2.44. The first kappa shape index (κ1) is 28.1. The molecule has 0 atom stereocenters. The summed E-state index contributed by atoms with van der Waals surface area (Å²) in [5, 5.41) is 13.5. The van der Waals surface area contributed by atoms with E-state index in [1.807, 2.05) is 49.2 Å². The van der Waals surface area contributed by atoms with Gasteiger partial charge in [-0.15, -0.1) is 11.3 Å². The molecular weight excluding hydrogens is 545 g/mol. The third-order valence-electron chi connectivity index (χ3n) is 7.91. The highest BCUT2D eigenvalue weighted by atomic mass is 35.5. The van der Waals surface area contributed by atoms with Crippen molar-refractivity contribution in [2.24, 2.45) is 0 Å². The monoisotopic (exact) mass is 575 g/mol. The average Bonchev–Trinajstić information content (AvgIpc) is 3.35. The number of carbonyl (C=O) groups is 1. The van der Waals surface area contributed by atoms with Gasteiger partial charge in [0.05, 0.1) is 28.5 Å². The molecule has 4 aromatic rings. The maximum atomic E-state index is 14.7. The highest BCUT2D eigenvalue weighted by Gasteiger charge is 2.32. The number of halogens is 2. The predicted octanol–water partition coefficient (Wildman–Crippen LogP) is 7.72. The minimum atomic E-state index is -0.371. The van der Waals surface area contributed by atoms with Crippen molar-refractivity contribution in [2.45, 2.75) is 51.2 Å². The molecule has 1 heterocycles. The second-order valence-electron chi connectivity index (χ2n) is 10.3. The molecule has 5 nitrogen and oxygen atoms in total. The number of aryl methyl sites for hydroxylation is 1. The number of hydrogen-bond donors (Lipinski definition) is 1. The lowest BCUT2D eigenvalue weighted by Gasteiger charge is -2.37. The number of ether oxygens (including phenoxy) is 1. The third-order valence-corrected chi connectivity index (χ3v) is 9.59. The van der Waals surface area contributed by atoms with Crippen LogP contribution in [0.4, 0.5) is 4.39 Å². The van der Waals surface area contributed by atoms with E-state index in [1.54, 1.807) is 25.3 Å². The van der Waals surface area contributed by atoms with E-state index in [-0.39, 0.29) is 17.8 Å². The quantitative estimate of drug-likeness (QED) is 0.245. The molecule has 40 heavy (non-hydrogen) atoms. The fraction of sp³-hybridized carbons (Fsp3) is 0.312. The molecule has 5 rings (SSSR count). The summed E-state index contributed by atoms with van der Waals surface area (Å²) in [6, 6.07) is 19.0. The number of rotatable bonds is 7. The van der Waals surface area contributed by atoms with Crippen LogP contribution in [0.2, 0.25) is 5.02 Å². The number of amides is 1. The fourth-order valence-corrected chi connectivity index (χ4v) is 7.23. The van der Waals surface area contributed by atoms with Gasteiger partial charge in [0.25, 0.3) is 5.91 Å². The Balaban J connectivity index is 1.55. The maximum Gasteiger partial charge on any atom is 0.266 e. The molecule has 1 fully saturated rings. The van der Waals surface area contributed by atoms with E-state index in [0.717, 1.165) is 59.3 Å². The van der Waals surface area contributed by atoms with E-state index >= 15 is 0 Å². The molecular formula is C32H31ClFN3O2S. The van der Waals surface area contributed by atoms with E-state index in [1.165, 1.54) is 6.07 Å². The largest absolute Gasteiger partial charge is 0.496 e. The second-order valence-corrected chi connectivity index (χ2v) is 11.7.